The van der Waals surface area contributed by atoms with Crippen molar-refractivity contribution < 1.29 is 9.53 Å². The molecule has 0 spiro atoms. The monoisotopic (exact) mass is 328 g/mol. The van der Waals surface area contributed by atoms with E-state index >= 15 is 0 Å². The molecule has 0 saturated carbocycles. The highest BCUT2D eigenvalue weighted by molar-refractivity contribution is 5.96. The van der Waals surface area contributed by atoms with E-state index in [1.165, 1.54) is 0 Å². The molecule has 6 heteroatoms. The molecule has 1 aromatic heterocycles. The minimum absolute atomic E-state index is 0.0729. The lowest BCUT2D eigenvalue weighted by Crippen LogP contribution is -2.38. The van der Waals surface area contributed by atoms with Crippen LogP contribution in [0.3, 0.4) is 0 Å². The minimum atomic E-state index is -0.0729. The quantitative estimate of drug-likeness (QED) is 0.909. The molecule has 1 amide bonds. The normalized spacial score (nSPS) is 20.1. The van der Waals surface area contributed by atoms with Crippen LogP contribution in [0.5, 0.6) is 5.75 Å². The summed E-state index contributed by atoms with van der Waals surface area (Å²) in [7, 11) is 3.54. The third-order valence-corrected chi connectivity index (χ3v) is 4.65. The van der Waals surface area contributed by atoms with Crippen LogP contribution in [0, 0.1) is 5.92 Å². The molecule has 0 radical (unpaired) electrons. The third-order valence-electron chi connectivity index (χ3n) is 4.65. The number of amides is 1. The lowest BCUT2D eigenvalue weighted by molar-refractivity contribution is -0.122. The fraction of sp³-hybridized carbons (Fsp3) is 0.444. The predicted octanol–water partition coefficient (Wildman–Crippen LogP) is 1.78. The Morgan fingerprint density at radius 1 is 1.38 bits per heavy atom. The van der Waals surface area contributed by atoms with E-state index in [9.17, 15) is 4.79 Å². The van der Waals surface area contributed by atoms with Crippen molar-refractivity contribution in [2.24, 2.45) is 13.0 Å². The van der Waals surface area contributed by atoms with E-state index in [1.54, 1.807) is 11.8 Å². The number of aryl methyl sites for hydroxylation is 1. The van der Waals surface area contributed by atoms with Crippen LogP contribution in [0.1, 0.15) is 18.4 Å². The van der Waals surface area contributed by atoms with Gasteiger partial charge < -0.3 is 15.0 Å². The summed E-state index contributed by atoms with van der Waals surface area (Å²) in [6, 6.07) is 7.64. The second-order valence-electron chi connectivity index (χ2n) is 6.10. The highest BCUT2D eigenvalue weighted by Gasteiger charge is 2.37. The highest BCUT2D eigenvalue weighted by atomic mass is 16.5. The molecule has 0 aliphatic carbocycles. The molecule has 1 saturated heterocycles. The van der Waals surface area contributed by atoms with Crippen LogP contribution in [0.25, 0.3) is 0 Å². The van der Waals surface area contributed by atoms with E-state index in [0.717, 1.165) is 23.5 Å². The molecule has 6 nitrogen and oxygen atoms in total. The number of carbonyl (C=O) groups excluding carboxylic acids is 1. The molecule has 24 heavy (non-hydrogen) atoms. The molecule has 2 aromatic rings. The molecular weight excluding hydrogens is 304 g/mol. The zero-order valence-corrected chi connectivity index (χ0v) is 14.4. The number of methoxy groups -OCH3 is 1. The van der Waals surface area contributed by atoms with Crippen molar-refractivity contribution in [3.8, 4) is 5.75 Å². The molecule has 128 valence electrons. The van der Waals surface area contributed by atoms with Crippen LogP contribution >= 0.6 is 0 Å². The summed E-state index contributed by atoms with van der Waals surface area (Å²) in [5, 5.41) is 7.60. The number of hydrogen-bond donors (Lipinski definition) is 1. The molecule has 1 aliphatic heterocycles. The Morgan fingerprint density at radius 3 is 2.71 bits per heavy atom. The first-order chi connectivity index (χ1) is 11.6. The van der Waals surface area contributed by atoms with Crippen LogP contribution < -0.4 is 15.0 Å². The summed E-state index contributed by atoms with van der Waals surface area (Å²) in [6.07, 6.45) is 3.86. The summed E-state index contributed by atoms with van der Waals surface area (Å²) in [6.45, 7) is 4.15. The van der Waals surface area contributed by atoms with Gasteiger partial charge in [0.2, 0.25) is 5.91 Å². The molecule has 1 aliphatic rings. The summed E-state index contributed by atoms with van der Waals surface area (Å²) in [4.78, 5) is 15.0. The molecule has 0 bridgehead atoms. The van der Waals surface area contributed by atoms with E-state index in [2.05, 4.69) is 10.4 Å². The molecule has 1 N–H and O–H groups in total. The standard InChI is InChI=1S/C18H24N4O2/c1-4-22(14-5-7-15(24-3)8-6-14)18(23)17-11-19-10-16(17)13-9-20-21(2)12-13/h5-9,12,16-17,19H,4,10-11H2,1-3H3/t16-,17+/m1/s1. The number of nitrogens with one attached hydrogen (secondary N) is 1. The van der Waals surface area contributed by atoms with Gasteiger partial charge in [-0.15, -0.1) is 0 Å². The first kappa shape index (κ1) is 16.5. The van der Waals surface area contributed by atoms with E-state index in [-0.39, 0.29) is 17.7 Å². The SMILES string of the molecule is CCN(C(=O)[C@H]1CNC[C@@H]1c1cnn(C)c1)c1ccc(OC)cc1. The van der Waals surface area contributed by atoms with Crippen molar-refractivity contribution in [1.82, 2.24) is 15.1 Å². The number of nitrogens with zero attached hydrogens (tertiary/aromatic N) is 3. The predicted molar refractivity (Wildman–Crippen MR) is 93.3 cm³/mol. The molecule has 0 unspecified atom stereocenters. The Kier molecular flexibility index (Phi) is 4.85. The lowest BCUT2D eigenvalue weighted by atomic mass is 9.89. The maximum atomic E-state index is 13.1. The fourth-order valence-corrected chi connectivity index (χ4v) is 3.35. The van der Waals surface area contributed by atoms with Crippen molar-refractivity contribution >= 4 is 11.6 Å². The van der Waals surface area contributed by atoms with Crippen molar-refractivity contribution in [3.05, 3.63) is 42.2 Å². The highest BCUT2D eigenvalue weighted by Crippen LogP contribution is 2.31. The van der Waals surface area contributed by atoms with E-state index in [4.69, 9.17) is 4.74 Å². The van der Waals surface area contributed by atoms with E-state index in [1.807, 2.05) is 55.5 Å². The van der Waals surface area contributed by atoms with Crippen molar-refractivity contribution in [2.45, 2.75) is 12.8 Å². The van der Waals surface area contributed by atoms with Crippen LogP contribution in [0.4, 0.5) is 5.69 Å². The second-order valence-corrected chi connectivity index (χ2v) is 6.10. The summed E-state index contributed by atoms with van der Waals surface area (Å²) >= 11 is 0. The van der Waals surface area contributed by atoms with E-state index in [0.29, 0.717) is 13.1 Å². The van der Waals surface area contributed by atoms with Gasteiger partial charge >= 0.3 is 0 Å². The smallest absolute Gasteiger partial charge is 0.232 e. The largest absolute Gasteiger partial charge is 0.497 e. The van der Waals surface area contributed by atoms with Gasteiger partial charge in [-0.1, -0.05) is 0 Å². The van der Waals surface area contributed by atoms with Gasteiger partial charge in [0.25, 0.3) is 0 Å². The Morgan fingerprint density at radius 2 is 2.12 bits per heavy atom. The van der Waals surface area contributed by atoms with E-state index < -0.39 is 0 Å². The topological polar surface area (TPSA) is 59.4 Å². The first-order valence-corrected chi connectivity index (χ1v) is 8.28. The fourth-order valence-electron chi connectivity index (χ4n) is 3.35. The van der Waals surface area contributed by atoms with Gasteiger partial charge in [-0.2, -0.15) is 5.10 Å². The van der Waals surface area contributed by atoms with Crippen molar-refractivity contribution in [2.75, 3.05) is 31.6 Å². The van der Waals surface area contributed by atoms with Gasteiger partial charge in [0.15, 0.2) is 0 Å². The maximum absolute atomic E-state index is 13.1. The molecule has 2 heterocycles. The van der Waals surface area contributed by atoms with Gasteiger partial charge in [-0.05, 0) is 36.8 Å². The average molecular weight is 328 g/mol. The Balaban J connectivity index is 1.81. The summed E-state index contributed by atoms with van der Waals surface area (Å²) in [5.74, 6) is 1.04. The number of hydrogen-bond acceptors (Lipinski definition) is 4. The van der Waals surface area contributed by atoms with Crippen LogP contribution in [0.2, 0.25) is 0 Å². The number of rotatable bonds is 5. The number of ether oxygens (including phenoxy) is 1. The molecule has 3 rings (SSSR count). The van der Waals surface area contributed by atoms with Crippen LogP contribution in [-0.4, -0.2) is 42.4 Å². The lowest BCUT2D eigenvalue weighted by Gasteiger charge is -2.27. The second kappa shape index (κ2) is 7.05. The number of anilines is 1. The first-order valence-electron chi connectivity index (χ1n) is 8.28. The average Bonchev–Trinajstić information content (AvgIpc) is 3.24. The van der Waals surface area contributed by atoms with Gasteiger partial charge in [-0.3, -0.25) is 9.48 Å². The minimum Gasteiger partial charge on any atom is -0.497 e. The molecule has 1 aromatic carbocycles. The van der Waals surface area contributed by atoms with Gasteiger partial charge in [0.1, 0.15) is 5.75 Å². The van der Waals surface area contributed by atoms with Gasteiger partial charge in [-0.25, -0.2) is 0 Å². The summed E-state index contributed by atoms with van der Waals surface area (Å²) < 4.78 is 6.99. The zero-order valence-electron chi connectivity index (χ0n) is 14.4. The molecular formula is C18H24N4O2. The van der Waals surface area contributed by atoms with Crippen LogP contribution in [0.15, 0.2) is 36.7 Å². The Labute approximate surface area is 142 Å². The number of carbonyl (C=O) groups is 1. The zero-order chi connectivity index (χ0) is 17.1. The van der Waals surface area contributed by atoms with Crippen molar-refractivity contribution in [1.29, 1.82) is 0 Å². The molecule has 2 atom stereocenters. The Bertz CT molecular complexity index is 695. The molecule has 1 fully saturated rings. The summed E-state index contributed by atoms with van der Waals surface area (Å²) in [5.41, 5.74) is 2.02. The van der Waals surface area contributed by atoms with Gasteiger partial charge in [0.05, 0.1) is 19.2 Å². The third kappa shape index (κ3) is 3.14. The maximum Gasteiger partial charge on any atom is 0.232 e. The van der Waals surface area contributed by atoms with Gasteiger partial charge in [0, 0.05) is 44.5 Å². The van der Waals surface area contributed by atoms with Crippen molar-refractivity contribution in [3.63, 3.8) is 0 Å². The number of benzene rings is 1. The Hall–Kier alpha value is -2.34. The van der Waals surface area contributed by atoms with Crippen LogP contribution in [-0.2, 0) is 11.8 Å². The number of aromatic nitrogens is 2.